The molecule has 0 spiro atoms. The Kier molecular flexibility index (Phi) is 4.13. The number of pyridine rings is 1. The van der Waals surface area contributed by atoms with Crippen molar-refractivity contribution >= 4 is 16.7 Å². The highest BCUT2D eigenvalue weighted by Crippen LogP contribution is 2.14. The molecule has 0 unspecified atom stereocenters. The van der Waals surface area contributed by atoms with Gasteiger partial charge in [-0.3, -0.25) is 14.3 Å². The topological polar surface area (TPSA) is 42.3 Å². The van der Waals surface area contributed by atoms with Crippen LogP contribution in [0.2, 0.25) is 0 Å². The Hall–Kier alpha value is -2.54. The summed E-state index contributed by atoms with van der Waals surface area (Å²) in [5.74, 6) is 5.77. The van der Waals surface area contributed by atoms with E-state index in [1.165, 1.54) is 6.92 Å². The lowest BCUT2D eigenvalue weighted by Gasteiger charge is -2.20. The van der Waals surface area contributed by atoms with E-state index in [0.717, 1.165) is 17.5 Å². The van der Waals surface area contributed by atoms with Gasteiger partial charge in [-0.25, -0.2) is 0 Å². The minimum Gasteiger partial charge on any atom is -0.319 e. The molecule has 21 heavy (non-hydrogen) atoms. The average molecular weight is 282 g/mol. The second-order valence-corrected chi connectivity index (χ2v) is 5.01. The highest BCUT2D eigenvalue weighted by molar-refractivity contribution is 5.97. The zero-order valence-corrected chi connectivity index (χ0v) is 12.7. The summed E-state index contributed by atoms with van der Waals surface area (Å²) in [7, 11) is 3.72. The van der Waals surface area contributed by atoms with E-state index >= 15 is 0 Å². The number of rotatable bonds is 2. The van der Waals surface area contributed by atoms with E-state index in [0.29, 0.717) is 5.39 Å². The van der Waals surface area contributed by atoms with Crippen molar-refractivity contribution in [3.63, 3.8) is 0 Å². The molecule has 0 aliphatic heterocycles. The molecule has 0 radical (unpaired) electrons. The van der Waals surface area contributed by atoms with Gasteiger partial charge in [0.15, 0.2) is 11.2 Å². The Balaban J connectivity index is 2.85. The third-order valence-electron chi connectivity index (χ3n) is 3.20. The minimum absolute atomic E-state index is 0.191. The molecule has 2 aromatic rings. The van der Waals surface area contributed by atoms with Crippen molar-refractivity contribution in [1.82, 2.24) is 4.68 Å². The SMILES string of the molecule is CCC#Cc1ccc2c(c1)c(=O)c(C(C)=O)cn2N(C)C. The maximum Gasteiger partial charge on any atom is 0.200 e. The van der Waals surface area contributed by atoms with Crippen LogP contribution in [0.15, 0.2) is 29.2 Å². The Bertz CT molecular complexity index is 820. The number of nitrogens with zero attached hydrogens (tertiary/aromatic N) is 2. The zero-order chi connectivity index (χ0) is 15.6. The Morgan fingerprint density at radius 3 is 2.62 bits per heavy atom. The molecular formula is C17H18N2O2. The second kappa shape index (κ2) is 5.84. The van der Waals surface area contributed by atoms with Crippen LogP contribution in [0.25, 0.3) is 10.9 Å². The van der Waals surface area contributed by atoms with E-state index in [-0.39, 0.29) is 16.8 Å². The van der Waals surface area contributed by atoms with E-state index in [9.17, 15) is 9.59 Å². The summed E-state index contributed by atoms with van der Waals surface area (Å²) >= 11 is 0. The van der Waals surface area contributed by atoms with Crippen LogP contribution in [0.3, 0.4) is 0 Å². The van der Waals surface area contributed by atoms with Crippen molar-refractivity contribution < 1.29 is 4.79 Å². The molecule has 0 bridgehead atoms. The maximum absolute atomic E-state index is 12.5. The van der Waals surface area contributed by atoms with Gasteiger partial charge < -0.3 is 5.01 Å². The first kappa shape index (κ1) is 14.9. The van der Waals surface area contributed by atoms with Crippen molar-refractivity contribution in [2.24, 2.45) is 0 Å². The van der Waals surface area contributed by atoms with Gasteiger partial charge in [0.25, 0.3) is 0 Å². The Morgan fingerprint density at radius 1 is 1.33 bits per heavy atom. The first-order valence-corrected chi connectivity index (χ1v) is 6.82. The van der Waals surface area contributed by atoms with Crippen LogP contribution in [-0.4, -0.2) is 24.6 Å². The van der Waals surface area contributed by atoms with Crippen LogP contribution in [0.1, 0.15) is 36.2 Å². The van der Waals surface area contributed by atoms with Crippen LogP contribution in [0.5, 0.6) is 0 Å². The highest BCUT2D eigenvalue weighted by atomic mass is 16.1. The number of benzene rings is 1. The van der Waals surface area contributed by atoms with Gasteiger partial charge in [-0.1, -0.05) is 18.8 Å². The van der Waals surface area contributed by atoms with Gasteiger partial charge in [0, 0.05) is 37.7 Å². The Morgan fingerprint density at radius 2 is 2.05 bits per heavy atom. The molecule has 1 aromatic heterocycles. The van der Waals surface area contributed by atoms with E-state index in [2.05, 4.69) is 11.8 Å². The molecule has 0 atom stereocenters. The van der Waals surface area contributed by atoms with Gasteiger partial charge in [-0.15, -0.1) is 0 Å². The quantitative estimate of drug-likeness (QED) is 0.626. The summed E-state index contributed by atoms with van der Waals surface area (Å²) in [6.45, 7) is 3.38. The molecule has 2 rings (SSSR count). The molecular weight excluding hydrogens is 264 g/mol. The third-order valence-corrected chi connectivity index (χ3v) is 3.20. The van der Waals surface area contributed by atoms with Crippen molar-refractivity contribution in [3.05, 3.63) is 45.7 Å². The Labute approximate surface area is 124 Å². The standard InChI is InChI=1S/C17H18N2O2/c1-5-6-7-13-8-9-16-14(10-13)17(21)15(12(2)20)11-19(16)18(3)4/h8-11H,5H2,1-4H3. The average Bonchev–Trinajstić information content (AvgIpc) is 2.45. The number of carbonyl (C=O) groups excluding carboxylic acids is 1. The fourth-order valence-corrected chi connectivity index (χ4v) is 2.16. The lowest BCUT2D eigenvalue weighted by molar-refractivity contribution is 0.101. The molecule has 0 N–H and O–H groups in total. The van der Waals surface area contributed by atoms with E-state index in [1.807, 2.05) is 38.2 Å². The lowest BCUT2D eigenvalue weighted by atomic mass is 10.1. The molecule has 4 nitrogen and oxygen atoms in total. The first-order chi connectivity index (χ1) is 9.95. The molecule has 108 valence electrons. The van der Waals surface area contributed by atoms with Gasteiger partial charge in [-0.2, -0.15) is 0 Å². The lowest BCUT2D eigenvalue weighted by Crippen LogP contribution is -2.29. The normalized spacial score (nSPS) is 10.1. The summed E-state index contributed by atoms with van der Waals surface area (Å²) in [6, 6.07) is 5.50. The molecule has 0 fully saturated rings. The largest absolute Gasteiger partial charge is 0.319 e. The second-order valence-electron chi connectivity index (χ2n) is 5.01. The van der Waals surface area contributed by atoms with Crippen molar-refractivity contribution in [1.29, 1.82) is 0 Å². The molecule has 0 saturated carbocycles. The monoisotopic (exact) mass is 282 g/mol. The van der Waals surface area contributed by atoms with E-state index in [1.54, 1.807) is 16.9 Å². The van der Waals surface area contributed by atoms with Gasteiger partial charge in [0.2, 0.25) is 0 Å². The van der Waals surface area contributed by atoms with Crippen LogP contribution in [0.4, 0.5) is 0 Å². The number of carbonyl (C=O) groups is 1. The van der Waals surface area contributed by atoms with Crippen LogP contribution >= 0.6 is 0 Å². The fourth-order valence-electron chi connectivity index (χ4n) is 2.16. The molecule has 4 heteroatoms. The minimum atomic E-state index is -0.240. The van der Waals surface area contributed by atoms with Crippen LogP contribution in [-0.2, 0) is 0 Å². The zero-order valence-electron chi connectivity index (χ0n) is 12.7. The van der Waals surface area contributed by atoms with Crippen molar-refractivity contribution in [2.45, 2.75) is 20.3 Å². The van der Waals surface area contributed by atoms with E-state index < -0.39 is 0 Å². The number of Topliss-reactive ketones (excluding diaryl/α,β-unsaturated/α-hetero) is 1. The number of hydrogen-bond acceptors (Lipinski definition) is 3. The first-order valence-electron chi connectivity index (χ1n) is 6.82. The molecule has 0 aliphatic carbocycles. The van der Waals surface area contributed by atoms with Gasteiger partial charge in [0.1, 0.15) is 0 Å². The number of aromatic nitrogens is 1. The van der Waals surface area contributed by atoms with Crippen LogP contribution in [0, 0.1) is 11.8 Å². The van der Waals surface area contributed by atoms with Crippen molar-refractivity contribution in [3.8, 4) is 11.8 Å². The third kappa shape index (κ3) is 2.82. The van der Waals surface area contributed by atoms with Gasteiger partial charge in [0.05, 0.1) is 11.1 Å². The summed E-state index contributed by atoms with van der Waals surface area (Å²) in [6.07, 6.45) is 2.35. The smallest absolute Gasteiger partial charge is 0.200 e. The van der Waals surface area contributed by atoms with Crippen LogP contribution < -0.4 is 10.4 Å². The molecule has 0 saturated heterocycles. The molecule has 1 aromatic carbocycles. The summed E-state index contributed by atoms with van der Waals surface area (Å²) < 4.78 is 1.80. The predicted octanol–water partition coefficient (Wildman–Crippen LogP) is 2.16. The molecule has 0 aliphatic rings. The number of fused-ring (bicyclic) bond motifs is 1. The summed E-state index contributed by atoms with van der Waals surface area (Å²) in [5.41, 5.74) is 1.50. The van der Waals surface area contributed by atoms with Crippen molar-refractivity contribution in [2.75, 3.05) is 19.1 Å². The number of ketones is 1. The molecule has 1 heterocycles. The van der Waals surface area contributed by atoms with E-state index in [4.69, 9.17) is 0 Å². The maximum atomic E-state index is 12.5. The summed E-state index contributed by atoms with van der Waals surface area (Å²) in [4.78, 5) is 24.2. The van der Waals surface area contributed by atoms with Gasteiger partial charge >= 0.3 is 0 Å². The predicted molar refractivity (Wildman–Crippen MR) is 85.4 cm³/mol. The number of hydrogen-bond donors (Lipinski definition) is 0. The highest BCUT2D eigenvalue weighted by Gasteiger charge is 2.13. The van der Waals surface area contributed by atoms with Gasteiger partial charge in [-0.05, 0) is 25.1 Å². The molecule has 0 amide bonds. The fraction of sp³-hybridized carbons (Fsp3) is 0.294. The summed E-state index contributed by atoms with van der Waals surface area (Å²) in [5, 5.41) is 2.34.